The molecule has 350 valence electrons. The summed E-state index contributed by atoms with van der Waals surface area (Å²) in [5, 5.41) is 0. The molecule has 1 atom stereocenters. The molecule has 6 heteroatoms. The van der Waals surface area contributed by atoms with Gasteiger partial charge in [0.25, 0.3) is 0 Å². The lowest BCUT2D eigenvalue weighted by Gasteiger charge is -2.18. The van der Waals surface area contributed by atoms with Gasteiger partial charge in [-0.25, -0.2) is 0 Å². The van der Waals surface area contributed by atoms with Gasteiger partial charge in [-0.1, -0.05) is 209 Å². The number of hydrogen-bond donors (Lipinski definition) is 0. The zero-order valence-electron chi connectivity index (χ0n) is 39.9. The van der Waals surface area contributed by atoms with Crippen LogP contribution in [-0.4, -0.2) is 37.2 Å². The highest BCUT2D eigenvalue weighted by molar-refractivity contribution is 5.71. The minimum Gasteiger partial charge on any atom is -0.462 e. The Morgan fingerprint density at radius 2 is 0.639 bits per heavy atom. The third kappa shape index (κ3) is 47.7. The van der Waals surface area contributed by atoms with Gasteiger partial charge < -0.3 is 14.2 Å². The van der Waals surface area contributed by atoms with Crippen molar-refractivity contribution in [2.75, 3.05) is 13.2 Å². The predicted octanol–water partition coefficient (Wildman–Crippen LogP) is 16.6. The largest absolute Gasteiger partial charge is 0.462 e. The highest BCUT2D eigenvalue weighted by Gasteiger charge is 2.19. The van der Waals surface area contributed by atoms with Gasteiger partial charge in [0.1, 0.15) is 13.2 Å². The normalized spacial score (nSPS) is 12.6. The molecule has 0 rings (SSSR count). The van der Waals surface area contributed by atoms with Crippen LogP contribution < -0.4 is 0 Å². The molecule has 0 aliphatic carbocycles. The Balaban J connectivity index is 4.43. The molecule has 0 aliphatic rings. The molecule has 0 heterocycles. The van der Waals surface area contributed by atoms with Gasteiger partial charge in [-0.3, -0.25) is 14.4 Å². The standard InChI is InChI=1S/C55H94O6/c1-4-7-10-13-16-19-22-25-27-30-33-36-39-42-45-48-54(57)60-51-52(50-59-53(56)47-44-41-38-35-32-29-24-21-18-15-12-9-6-3)61-55(58)49-46-43-40-37-34-31-28-26-23-20-17-14-11-8-5-2/h7-8,10-11,16-17,19-20,25-28,52H,4-6,9,12-15,18,21-24,29-51H2,1-3H3/b10-7+,11-8+,19-16+,20-17+,27-25+,28-26+/t52-/m1/s1. The van der Waals surface area contributed by atoms with Crippen molar-refractivity contribution in [3.63, 3.8) is 0 Å². The molecule has 0 radical (unpaired) electrons. The molecule has 0 aromatic heterocycles. The number of hydrogen-bond acceptors (Lipinski definition) is 6. The molecule has 6 nitrogen and oxygen atoms in total. The molecular weight excluding hydrogens is 757 g/mol. The van der Waals surface area contributed by atoms with Crippen LogP contribution in [-0.2, 0) is 28.6 Å². The van der Waals surface area contributed by atoms with Gasteiger partial charge in [0.2, 0.25) is 0 Å². The second kappa shape index (κ2) is 49.5. The summed E-state index contributed by atoms with van der Waals surface area (Å²) in [6, 6.07) is 0. The number of ether oxygens (including phenoxy) is 3. The van der Waals surface area contributed by atoms with Crippen molar-refractivity contribution >= 4 is 17.9 Å². The van der Waals surface area contributed by atoms with Crippen LogP contribution in [0.1, 0.15) is 239 Å². The first-order valence-electron chi connectivity index (χ1n) is 25.4. The summed E-state index contributed by atoms with van der Waals surface area (Å²) in [4.78, 5) is 38.0. The van der Waals surface area contributed by atoms with E-state index >= 15 is 0 Å². The van der Waals surface area contributed by atoms with Crippen LogP contribution in [0.2, 0.25) is 0 Å². The van der Waals surface area contributed by atoms with Crippen LogP contribution in [0.3, 0.4) is 0 Å². The summed E-state index contributed by atoms with van der Waals surface area (Å²) in [5.41, 5.74) is 0. The van der Waals surface area contributed by atoms with Crippen molar-refractivity contribution in [2.45, 2.75) is 245 Å². The van der Waals surface area contributed by atoms with E-state index < -0.39 is 6.10 Å². The van der Waals surface area contributed by atoms with E-state index in [1.807, 2.05) is 0 Å². The summed E-state index contributed by atoms with van der Waals surface area (Å²) in [6.07, 6.45) is 61.6. The average molecular weight is 851 g/mol. The molecule has 0 aromatic carbocycles. The SMILES string of the molecule is CC/C=C/C/C=C/C/C=C/CCCCCCCC(=O)OC[C@@H](COC(=O)CCCCCCCCCCCCCCC)OC(=O)CCCCCCC/C=C/C/C=C/C/C=C/CC. The Bertz CT molecular complexity index is 1160. The lowest BCUT2D eigenvalue weighted by atomic mass is 10.0. The van der Waals surface area contributed by atoms with E-state index in [4.69, 9.17) is 14.2 Å². The Kier molecular flexibility index (Phi) is 46.9. The van der Waals surface area contributed by atoms with Gasteiger partial charge in [0.15, 0.2) is 6.10 Å². The molecule has 0 unspecified atom stereocenters. The molecule has 0 aliphatic heterocycles. The maximum atomic E-state index is 12.8. The Hall–Kier alpha value is -3.15. The third-order valence-corrected chi connectivity index (χ3v) is 10.7. The van der Waals surface area contributed by atoms with Crippen molar-refractivity contribution in [3.8, 4) is 0 Å². The Morgan fingerprint density at radius 3 is 1.00 bits per heavy atom. The van der Waals surface area contributed by atoms with Crippen LogP contribution in [0.15, 0.2) is 72.9 Å². The van der Waals surface area contributed by atoms with E-state index in [0.717, 1.165) is 135 Å². The van der Waals surface area contributed by atoms with Gasteiger partial charge in [-0.2, -0.15) is 0 Å². The van der Waals surface area contributed by atoms with Gasteiger partial charge in [0, 0.05) is 19.3 Å². The molecule has 0 spiro atoms. The van der Waals surface area contributed by atoms with Gasteiger partial charge >= 0.3 is 17.9 Å². The maximum Gasteiger partial charge on any atom is 0.306 e. The molecule has 0 amide bonds. The van der Waals surface area contributed by atoms with E-state index in [2.05, 4.69) is 93.7 Å². The molecule has 0 bridgehead atoms. The molecule has 0 aromatic rings. The number of allylic oxidation sites excluding steroid dienone is 12. The number of esters is 3. The van der Waals surface area contributed by atoms with E-state index in [9.17, 15) is 14.4 Å². The van der Waals surface area contributed by atoms with E-state index in [1.54, 1.807) is 0 Å². The Morgan fingerprint density at radius 1 is 0.344 bits per heavy atom. The highest BCUT2D eigenvalue weighted by Crippen LogP contribution is 2.15. The first-order valence-corrected chi connectivity index (χ1v) is 25.4. The summed E-state index contributed by atoms with van der Waals surface area (Å²) in [5.74, 6) is -0.919. The van der Waals surface area contributed by atoms with Crippen molar-refractivity contribution in [1.82, 2.24) is 0 Å². The second-order valence-electron chi connectivity index (χ2n) is 16.7. The Labute approximate surface area is 376 Å². The molecule has 0 saturated heterocycles. The van der Waals surface area contributed by atoms with Crippen molar-refractivity contribution in [3.05, 3.63) is 72.9 Å². The predicted molar refractivity (Wildman–Crippen MR) is 261 cm³/mol. The minimum absolute atomic E-state index is 0.0868. The monoisotopic (exact) mass is 851 g/mol. The third-order valence-electron chi connectivity index (χ3n) is 10.7. The fraction of sp³-hybridized carbons (Fsp3) is 0.727. The fourth-order valence-corrected chi connectivity index (χ4v) is 6.94. The smallest absolute Gasteiger partial charge is 0.306 e. The fourth-order valence-electron chi connectivity index (χ4n) is 6.94. The molecular formula is C55H94O6. The molecule has 0 N–H and O–H groups in total. The van der Waals surface area contributed by atoms with Crippen LogP contribution in [0.25, 0.3) is 0 Å². The minimum atomic E-state index is -0.789. The van der Waals surface area contributed by atoms with E-state index in [0.29, 0.717) is 19.3 Å². The van der Waals surface area contributed by atoms with Gasteiger partial charge in [-0.15, -0.1) is 0 Å². The first kappa shape index (κ1) is 57.9. The summed E-state index contributed by atoms with van der Waals surface area (Å²) >= 11 is 0. The van der Waals surface area contributed by atoms with Gasteiger partial charge in [-0.05, 0) is 83.5 Å². The topological polar surface area (TPSA) is 78.9 Å². The lowest BCUT2D eigenvalue weighted by Crippen LogP contribution is -2.30. The first-order chi connectivity index (χ1) is 30.0. The average Bonchev–Trinajstić information content (AvgIpc) is 3.26. The number of unbranched alkanes of at least 4 members (excludes halogenated alkanes) is 22. The van der Waals surface area contributed by atoms with Gasteiger partial charge in [0.05, 0.1) is 0 Å². The molecule has 0 fully saturated rings. The maximum absolute atomic E-state index is 12.8. The van der Waals surface area contributed by atoms with Crippen molar-refractivity contribution < 1.29 is 28.6 Å². The second-order valence-corrected chi connectivity index (χ2v) is 16.7. The lowest BCUT2D eigenvalue weighted by molar-refractivity contribution is -0.167. The molecule has 61 heavy (non-hydrogen) atoms. The quantitative estimate of drug-likeness (QED) is 0.0263. The summed E-state index contributed by atoms with van der Waals surface area (Å²) in [6.45, 7) is 6.39. The number of carbonyl (C=O) groups excluding carboxylic acids is 3. The number of carbonyl (C=O) groups is 3. The highest BCUT2D eigenvalue weighted by atomic mass is 16.6. The van der Waals surface area contributed by atoms with Crippen LogP contribution in [0, 0.1) is 0 Å². The van der Waals surface area contributed by atoms with E-state index in [-0.39, 0.29) is 31.1 Å². The summed E-state index contributed by atoms with van der Waals surface area (Å²) < 4.78 is 16.8. The van der Waals surface area contributed by atoms with E-state index in [1.165, 1.54) is 64.2 Å². The van der Waals surface area contributed by atoms with Crippen LogP contribution in [0.5, 0.6) is 0 Å². The zero-order chi connectivity index (χ0) is 44.4. The summed E-state index contributed by atoms with van der Waals surface area (Å²) in [7, 11) is 0. The van der Waals surface area contributed by atoms with Crippen LogP contribution >= 0.6 is 0 Å². The van der Waals surface area contributed by atoms with Crippen molar-refractivity contribution in [2.24, 2.45) is 0 Å². The zero-order valence-corrected chi connectivity index (χ0v) is 39.9. The van der Waals surface area contributed by atoms with Crippen molar-refractivity contribution in [1.29, 1.82) is 0 Å². The number of rotatable bonds is 45. The molecule has 0 saturated carbocycles. The van der Waals surface area contributed by atoms with Crippen LogP contribution in [0.4, 0.5) is 0 Å².